The van der Waals surface area contributed by atoms with Crippen molar-refractivity contribution in [3.63, 3.8) is 0 Å². The van der Waals surface area contributed by atoms with Crippen LogP contribution in [0.4, 0.5) is 10.6 Å². The number of pyridine rings is 1. The monoisotopic (exact) mass is 305 g/mol. The number of carbonyl (C=O) groups excluding carboxylic acids is 3. The highest BCUT2D eigenvalue weighted by Gasteiger charge is 2.52. The molecular weight excluding hydrogens is 286 g/mol. The van der Waals surface area contributed by atoms with E-state index in [1.54, 1.807) is 32.9 Å². The van der Waals surface area contributed by atoms with E-state index in [0.29, 0.717) is 19.1 Å². The molecule has 1 fully saturated rings. The number of alkyl carbamates (subject to hydrolysis) is 1. The van der Waals surface area contributed by atoms with Crippen LogP contribution < -0.4 is 10.6 Å². The lowest BCUT2D eigenvalue weighted by molar-refractivity contribution is -0.119. The Hall–Kier alpha value is -2.44. The number of carbonyl (C=O) groups is 3. The molecule has 22 heavy (non-hydrogen) atoms. The summed E-state index contributed by atoms with van der Waals surface area (Å²) in [4.78, 5) is 39.0. The molecule has 0 aliphatic heterocycles. The maximum absolute atomic E-state index is 12.3. The van der Waals surface area contributed by atoms with Crippen molar-refractivity contribution in [1.29, 1.82) is 0 Å². The van der Waals surface area contributed by atoms with Crippen molar-refractivity contribution < 1.29 is 19.1 Å². The summed E-state index contributed by atoms with van der Waals surface area (Å²) in [5, 5.41) is 5.17. The average Bonchev–Trinajstić information content (AvgIpc) is 3.18. The largest absolute Gasteiger partial charge is 0.444 e. The van der Waals surface area contributed by atoms with Gasteiger partial charge in [0.2, 0.25) is 0 Å². The molecule has 2 amide bonds. The van der Waals surface area contributed by atoms with Gasteiger partial charge in [0, 0.05) is 6.20 Å². The first-order chi connectivity index (χ1) is 10.3. The first-order valence-electron chi connectivity index (χ1n) is 6.99. The second-order valence-corrected chi connectivity index (χ2v) is 6.22. The van der Waals surface area contributed by atoms with E-state index in [4.69, 9.17) is 4.74 Å². The molecule has 2 N–H and O–H groups in total. The summed E-state index contributed by atoms with van der Waals surface area (Å²) >= 11 is 0. The van der Waals surface area contributed by atoms with Crippen LogP contribution in [0.2, 0.25) is 0 Å². The van der Waals surface area contributed by atoms with Crippen LogP contribution in [0.15, 0.2) is 18.3 Å². The first kappa shape index (κ1) is 15.9. The van der Waals surface area contributed by atoms with E-state index in [-0.39, 0.29) is 11.4 Å². The summed E-state index contributed by atoms with van der Waals surface area (Å²) in [5.41, 5.74) is -1.34. The Morgan fingerprint density at radius 3 is 2.59 bits per heavy atom. The van der Waals surface area contributed by atoms with E-state index in [1.807, 2.05) is 0 Å². The number of rotatable bonds is 4. The smallest absolute Gasteiger partial charge is 0.408 e. The Morgan fingerprint density at radius 2 is 2.05 bits per heavy atom. The predicted octanol–water partition coefficient (Wildman–Crippen LogP) is 1.89. The van der Waals surface area contributed by atoms with Gasteiger partial charge in [0.05, 0.1) is 5.56 Å². The number of ether oxygens (including phenoxy) is 1. The van der Waals surface area contributed by atoms with Crippen molar-refractivity contribution in [3.8, 4) is 0 Å². The first-order valence-corrected chi connectivity index (χ1v) is 6.99. The third-order valence-electron chi connectivity index (χ3n) is 3.12. The standard InChI is InChI=1S/C15H19N3O4/c1-14(2,3)22-13(21)18-15(6-7-15)12(20)17-11-10(9-19)5-4-8-16-11/h4-5,8-9H,6-7H2,1-3H3,(H,18,21)(H,16,17,20). The van der Waals surface area contributed by atoms with Crippen molar-refractivity contribution in [3.05, 3.63) is 23.9 Å². The van der Waals surface area contributed by atoms with Gasteiger partial charge in [-0.05, 0) is 45.7 Å². The maximum Gasteiger partial charge on any atom is 0.408 e. The van der Waals surface area contributed by atoms with E-state index >= 15 is 0 Å². The van der Waals surface area contributed by atoms with E-state index in [1.165, 1.54) is 6.20 Å². The zero-order valence-electron chi connectivity index (χ0n) is 12.8. The van der Waals surface area contributed by atoms with Crippen LogP contribution in [0.1, 0.15) is 44.0 Å². The van der Waals surface area contributed by atoms with E-state index in [9.17, 15) is 14.4 Å². The number of amides is 2. The minimum absolute atomic E-state index is 0.180. The van der Waals surface area contributed by atoms with Crippen LogP contribution in [-0.4, -0.2) is 34.4 Å². The number of anilines is 1. The Bertz CT molecular complexity index is 603. The van der Waals surface area contributed by atoms with Crippen LogP contribution in [0.25, 0.3) is 0 Å². The summed E-state index contributed by atoms with van der Waals surface area (Å²) in [6.07, 6.45) is 2.48. The third kappa shape index (κ3) is 3.81. The molecule has 1 saturated carbocycles. The van der Waals surface area contributed by atoms with E-state index in [0.717, 1.165) is 0 Å². The van der Waals surface area contributed by atoms with Crippen molar-refractivity contribution in [2.75, 3.05) is 5.32 Å². The van der Waals surface area contributed by atoms with Crippen LogP contribution in [0, 0.1) is 0 Å². The van der Waals surface area contributed by atoms with Gasteiger partial charge < -0.3 is 15.4 Å². The molecule has 0 radical (unpaired) electrons. The normalized spacial score (nSPS) is 15.6. The van der Waals surface area contributed by atoms with Crippen LogP contribution in [0.3, 0.4) is 0 Å². The zero-order valence-corrected chi connectivity index (χ0v) is 12.8. The Balaban J connectivity index is 2.03. The molecule has 1 aliphatic carbocycles. The molecule has 1 aliphatic rings. The van der Waals surface area contributed by atoms with Crippen molar-refractivity contribution >= 4 is 24.1 Å². The fourth-order valence-electron chi connectivity index (χ4n) is 1.88. The van der Waals surface area contributed by atoms with Crippen LogP contribution in [-0.2, 0) is 9.53 Å². The molecule has 7 heteroatoms. The number of nitrogens with one attached hydrogen (secondary N) is 2. The molecule has 0 unspecified atom stereocenters. The fourth-order valence-corrected chi connectivity index (χ4v) is 1.88. The lowest BCUT2D eigenvalue weighted by atomic mass is 10.2. The molecule has 7 nitrogen and oxygen atoms in total. The Kier molecular flexibility index (Phi) is 4.16. The zero-order chi connectivity index (χ0) is 16.4. The summed E-state index contributed by atoms with van der Waals surface area (Å²) in [7, 11) is 0. The lowest BCUT2D eigenvalue weighted by Crippen LogP contribution is -2.48. The van der Waals surface area contributed by atoms with Gasteiger partial charge in [-0.1, -0.05) is 0 Å². The molecule has 0 aromatic carbocycles. The molecule has 118 valence electrons. The molecule has 1 heterocycles. The Labute approximate surface area is 128 Å². The average molecular weight is 305 g/mol. The SMILES string of the molecule is CC(C)(C)OC(=O)NC1(C(=O)Nc2ncccc2C=O)CC1. The molecule has 1 aromatic heterocycles. The highest BCUT2D eigenvalue weighted by Crippen LogP contribution is 2.37. The summed E-state index contributed by atoms with van der Waals surface area (Å²) < 4.78 is 5.16. The molecule has 0 bridgehead atoms. The van der Waals surface area contributed by atoms with Gasteiger partial charge >= 0.3 is 6.09 Å². The van der Waals surface area contributed by atoms with Gasteiger partial charge in [0.25, 0.3) is 5.91 Å². The van der Waals surface area contributed by atoms with Gasteiger partial charge in [-0.2, -0.15) is 0 Å². The van der Waals surface area contributed by atoms with Crippen molar-refractivity contribution in [2.24, 2.45) is 0 Å². The number of aldehydes is 1. The van der Waals surface area contributed by atoms with Crippen LogP contribution >= 0.6 is 0 Å². The second kappa shape index (κ2) is 5.75. The van der Waals surface area contributed by atoms with E-state index < -0.39 is 23.1 Å². The predicted molar refractivity (Wildman–Crippen MR) is 79.6 cm³/mol. The number of nitrogens with zero attached hydrogens (tertiary/aromatic N) is 1. The lowest BCUT2D eigenvalue weighted by Gasteiger charge is -2.23. The van der Waals surface area contributed by atoms with Crippen LogP contribution in [0.5, 0.6) is 0 Å². The summed E-state index contributed by atoms with van der Waals surface area (Å²) in [5.74, 6) is -0.222. The third-order valence-corrected chi connectivity index (χ3v) is 3.12. The minimum Gasteiger partial charge on any atom is -0.444 e. The van der Waals surface area contributed by atoms with Gasteiger partial charge in [-0.3, -0.25) is 9.59 Å². The Morgan fingerprint density at radius 1 is 1.36 bits per heavy atom. The number of aromatic nitrogens is 1. The highest BCUT2D eigenvalue weighted by atomic mass is 16.6. The van der Waals surface area contributed by atoms with Gasteiger partial charge in [-0.15, -0.1) is 0 Å². The topological polar surface area (TPSA) is 97.4 Å². The molecule has 0 spiro atoms. The maximum atomic E-state index is 12.3. The number of hydrogen-bond donors (Lipinski definition) is 2. The molecule has 0 saturated heterocycles. The van der Waals surface area contributed by atoms with Crippen molar-refractivity contribution in [1.82, 2.24) is 10.3 Å². The molecule has 1 aromatic rings. The summed E-state index contributed by atoms with van der Waals surface area (Å²) in [6.45, 7) is 5.24. The second-order valence-electron chi connectivity index (χ2n) is 6.22. The molecular formula is C15H19N3O4. The quantitative estimate of drug-likeness (QED) is 0.828. The van der Waals surface area contributed by atoms with Crippen molar-refractivity contribution in [2.45, 2.75) is 44.8 Å². The van der Waals surface area contributed by atoms with Gasteiger partial charge in [-0.25, -0.2) is 9.78 Å². The highest BCUT2D eigenvalue weighted by molar-refractivity contribution is 6.03. The minimum atomic E-state index is -0.986. The number of hydrogen-bond acceptors (Lipinski definition) is 5. The molecule has 2 rings (SSSR count). The summed E-state index contributed by atoms with van der Waals surface area (Å²) in [6, 6.07) is 3.15. The van der Waals surface area contributed by atoms with Gasteiger partial charge in [0.15, 0.2) is 6.29 Å². The fraction of sp³-hybridized carbons (Fsp3) is 0.467. The van der Waals surface area contributed by atoms with E-state index in [2.05, 4.69) is 15.6 Å². The molecule has 0 atom stereocenters. The van der Waals surface area contributed by atoms with Gasteiger partial charge in [0.1, 0.15) is 17.0 Å².